The van der Waals surface area contributed by atoms with Crippen LogP contribution in [0, 0.1) is 17.8 Å². The smallest absolute Gasteiger partial charge is 0.00915 e. The number of hydrogen-bond acceptors (Lipinski definition) is 6. The molecule has 6 heteroatoms. The normalized spacial score (nSPS) is 46.0. The molecule has 0 aromatic carbocycles. The van der Waals surface area contributed by atoms with Crippen molar-refractivity contribution in [1.29, 1.82) is 0 Å². The molecule has 6 aliphatic rings. The molecule has 0 aliphatic carbocycles. The maximum atomic E-state index is 5.96. The van der Waals surface area contributed by atoms with Crippen molar-refractivity contribution in [2.24, 2.45) is 35.0 Å². The van der Waals surface area contributed by atoms with Gasteiger partial charge in [-0.3, -0.25) is 0 Å². The zero-order chi connectivity index (χ0) is 21.6. The molecule has 6 nitrogen and oxygen atoms in total. The molecule has 6 bridgehead atoms. The van der Waals surface area contributed by atoms with Crippen molar-refractivity contribution in [3.63, 3.8) is 0 Å². The summed E-state index contributed by atoms with van der Waals surface area (Å²) in [7, 11) is 0. The van der Waals surface area contributed by atoms with Crippen LogP contribution in [-0.4, -0.2) is 79.8 Å². The van der Waals surface area contributed by atoms with E-state index in [-0.39, 0.29) is 0 Å². The van der Waals surface area contributed by atoms with Gasteiger partial charge in [-0.05, 0) is 108 Å². The third-order valence-corrected chi connectivity index (χ3v) is 8.80. The molecule has 8 atom stereocenters. The van der Waals surface area contributed by atoms with Crippen LogP contribution in [0.3, 0.4) is 0 Å². The molecule has 6 rings (SSSR count). The maximum Gasteiger partial charge on any atom is 0.00915 e. The van der Waals surface area contributed by atoms with Crippen LogP contribution < -0.4 is 22.5 Å². The molecule has 0 amide bonds. The van der Waals surface area contributed by atoms with E-state index in [9.17, 15) is 0 Å². The van der Waals surface area contributed by atoms with E-state index < -0.39 is 0 Å². The van der Waals surface area contributed by atoms with Crippen LogP contribution >= 0.6 is 0 Å². The van der Waals surface area contributed by atoms with Crippen molar-refractivity contribution in [1.82, 2.24) is 15.1 Å². The summed E-state index contributed by atoms with van der Waals surface area (Å²) in [5.41, 5.74) is 17.5. The molecule has 0 aromatic heterocycles. The first-order valence-electron chi connectivity index (χ1n) is 13.5. The van der Waals surface area contributed by atoms with Crippen molar-refractivity contribution in [2.75, 3.05) is 45.8 Å². The number of nitrogens with zero attached hydrogens (tertiary/aromatic N) is 2. The van der Waals surface area contributed by atoms with Gasteiger partial charge in [0.15, 0.2) is 0 Å². The van der Waals surface area contributed by atoms with Gasteiger partial charge in [-0.25, -0.2) is 0 Å². The Morgan fingerprint density at radius 1 is 0.710 bits per heavy atom. The molecule has 8 unspecified atom stereocenters. The predicted molar refractivity (Wildman–Crippen MR) is 130 cm³/mol. The molecule has 0 aromatic rings. The molecule has 31 heavy (non-hydrogen) atoms. The second-order valence-corrected chi connectivity index (χ2v) is 11.5. The first-order chi connectivity index (χ1) is 15.1. The van der Waals surface area contributed by atoms with Crippen molar-refractivity contribution in [3.8, 4) is 0 Å². The van der Waals surface area contributed by atoms with E-state index in [0.29, 0.717) is 12.1 Å². The van der Waals surface area contributed by atoms with Gasteiger partial charge < -0.3 is 32.3 Å². The monoisotopic (exact) mass is 434 g/mol. The average molecular weight is 435 g/mol. The molecular formula is C25H50N6. The number of rotatable bonds is 1. The minimum atomic E-state index is 0.483. The van der Waals surface area contributed by atoms with Crippen LogP contribution in [0.4, 0.5) is 0 Å². The minimum Gasteiger partial charge on any atom is -0.330 e. The summed E-state index contributed by atoms with van der Waals surface area (Å²) in [6.07, 6.45) is 14.8. The van der Waals surface area contributed by atoms with Crippen molar-refractivity contribution in [2.45, 2.75) is 94.8 Å². The zero-order valence-corrected chi connectivity index (χ0v) is 19.9. The van der Waals surface area contributed by atoms with E-state index in [1.54, 1.807) is 0 Å². The highest BCUT2D eigenvalue weighted by molar-refractivity contribution is 4.90. The molecule has 6 fully saturated rings. The van der Waals surface area contributed by atoms with Gasteiger partial charge >= 0.3 is 0 Å². The van der Waals surface area contributed by atoms with Crippen molar-refractivity contribution < 1.29 is 0 Å². The Balaban J connectivity index is 0.000000112. The fourth-order valence-electron chi connectivity index (χ4n) is 7.11. The van der Waals surface area contributed by atoms with E-state index >= 15 is 0 Å². The summed E-state index contributed by atoms with van der Waals surface area (Å²) in [5.74, 6) is 2.60. The summed E-state index contributed by atoms with van der Waals surface area (Å²) in [6, 6.07) is 2.50. The Morgan fingerprint density at radius 2 is 1.45 bits per heavy atom. The van der Waals surface area contributed by atoms with Gasteiger partial charge in [0.05, 0.1) is 0 Å². The lowest BCUT2D eigenvalue weighted by atomic mass is 9.83. The van der Waals surface area contributed by atoms with Crippen LogP contribution in [0.1, 0.15) is 70.6 Å². The van der Waals surface area contributed by atoms with E-state index in [1.807, 2.05) is 0 Å². The standard InChI is InChI=1S/C9H18N2.2C8H16N2/c10-5-9-4-8-2-1-3-11(6-8)7-9;9-8-3-5-10-4-1-2-7(8)6-10;9-6-4-7-2-1-3-8(5-6)10-7/h8-9H,1-7,10H2;7-8H,1-6,9H2;6-8,10H,1-5,9H2. The highest BCUT2D eigenvalue weighted by Gasteiger charge is 2.30. The Kier molecular flexibility index (Phi) is 9.06. The summed E-state index contributed by atoms with van der Waals surface area (Å²) in [4.78, 5) is 5.15. The van der Waals surface area contributed by atoms with Crippen LogP contribution in [0.2, 0.25) is 0 Å². The van der Waals surface area contributed by atoms with Crippen LogP contribution in [-0.2, 0) is 0 Å². The van der Waals surface area contributed by atoms with E-state index in [0.717, 1.165) is 36.4 Å². The molecule has 6 heterocycles. The quantitative estimate of drug-likeness (QED) is 0.502. The first kappa shape index (κ1) is 23.9. The molecule has 180 valence electrons. The molecule has 6 saturated heterocycles. The molecule has 0 saturated carbocycles. The van der Waals surface area contributed by atoms with Gasteiger partial charge in [0.25, 0.3) is 0 Å². The van der Waals surface area contributed by atoms with Crippen LogP contribution in [0.15, 0.2) is 0 Å². The maximum absolute atomic E-state index is 5.96. The highest BCUT2D eigenvalue weighted by atomic mass is 15.2. The van der Waals surface area contributed by atoms with Gasteiger partial charge in [0, 0.05) is 43.8 Å². The number of nitrogens with two attached hydrogens (primary N) is 3. The lowest BCUT2D eigenvalue weighted by Gasteiger charge is -2.41. The van der Waals surface area contributed by atoms with E-state index in [1.165, 1.54) is 110 Å². The van der Waals surface area contributed by atoms with Gasteiger partial charge in [-0.2, -0.15) is 0 Å². The molecular weight excluding hydrogens is 384 g/mol. The highest BCUT2D eigenvalue weighted by Crippen LogP contribution is 2.29. The Bertz CT molecular complexity index is 500. The summed E-state index contributed by atoms with van der Waals surface area (Å²) in [5, 5.41) is 3.60. The van der Waals surface area contributed by atoms with Gasteiger partial charge in [0.2, 0.25) is 0 Å². The van der Waals surface area contributed by atoms with Crippen LogP contribution in [0.25, 0.3) is 0 Å². The lowest BCUT2D eigenvalue weighted by molar-refractivity contribution is 0.0854. The van der Waals surface area contributed by atoms with Gasteiger partial charge in [-0.15, -0.1) is 0 Å². The zero-order valence-electron chi connectivity index (χ0n) is 19.9. The third-order valence-electron chi connectivity index (χ3n) is 8.80. The lowest BCUT2D eigenvalue weighted by Crippen LogP contribution is -2.52. The number of piperidine rings is 6. The SMILES string of the molecule is NC1CC2CCCC(C1)N2.NC1CCN2CCCC1C2.NCC1CC2CCCN(C1)C2. The summed E-state index contributed by atoms with van der Waals surface area (Å²) < 4.78 is 0. The van der Waals surface area contributed by atoms with Crippen LogP contribution in [0.5, 0.6) is 0 Å². The fraction of sp³-hybridized carbons (Fsp3) is 1.00. The molecule has 7 N–H and O–H groups in total. The first-order valence-corrected chi connectivity index (χ1v) is 13.5. The summed E-state index contributed by atoms with van der Waals surface area (Å²) >= 11 is 0. The fourth-order valence-corrected chi connectivity index (χ4v) is 7.11. The Morgan fingerprint density at radius 3 is 2.16 bits per heavy atom. The number of fused-ring (bicyclic) bond motifs is 6. The Hall–Kier alpha value is -0.240. The van der Waals surface area contributed by atoms with Crippen molar-refractivity contribution >= 4 is 0 Å². The van der Waals surface area contributed by atoms with Crippen molar-refractivity contribution in [3.05, 3.63) is 0 Å². The topological polar surface area (TPSA) is 96.6 Å². The van der Waals surface area contributed by atoms with Gasteiger partial charge in [-0.1, -0.05) is 6.42 Å². The second-order valence-electron chi connectivity index (χ2n) is 11.5. The second kappa shape index (κ2) is 11.8. The molecule has 0 radical (unpaired) electrons. The van der Waals surface area contributed by atoms with E-state index in [4.69, 9.17) is 17.2 Å². The Labute approximate surface area is 191 Å². The molecule has 0 spiro atoms. The average Bonchev–Trinajstić information content (AvgIpc) is 2.77. The third kappa shape index (κ3) is 7.12. The predicted octanol–water partition coefficient (Wildman–Crippen LogP) is 1.72. The minimum absolute atomic E-state index is 0.483. The summed E-state index contributed by atoms with van der Waals surface area (Å²) in [6.45, 7) is 8.70. The number of hydrogen-bond donors (Lipinski definition) is 4. The molecule has 6 aliphatic heterocycles. The number of nitrogens with one attached hydrogen (secondary N) is 1. The van der Waals surface area contributed by atoms with E-state index in [2.05, 4.69) is 15.1 Å². The van der Waals surface area contributed by atoms with Gasteiger partial charge in [0.1, 0.15) is 0 Å². The largest absolute Gasteiger partial charge is 0.330 e.